The van der Waals surface area contributed by atoms with E-state index in [4.69, 9.17) is 29.3 Å². The quantitative estimate of drug-likeness (QED) is 0.0650. The molecule has 9 heteroatoms. The van der Waals surface area contributed by atoms with Crippen molar-refractivity contribution in [3.63, 3.8) is 0 Å². The maximum Gasteiger partial charge on any atom is 0.334 e. The molecule has 0 bridgehead atoms. The van der Waals surface area contributed by atoms with Gasteiger partial charge in [0.2, 0.25) is 0 Å². The zero-order chi connectivity index (χ0) is 32.4. The SMILES string of the molecule is C=Cc1ccc(CCl)cc1.C=Cc1ccc(CSCCC[Si](C)(OCC)OCC)cc1.CCO[Si](C)(CCCS)OCC. The highest BCUT2D eigenvalue weighted by atomic mass is 35.5. The number of halogens is 1. The summed E-state index contributed by atoms with van der Waals surface area (Å²) < 4.78 is 23.0. The molecule has 0 fully saturated rings. The molecule has 0 N–H and O–H groups in total. The zero-order valence-corrected chi connectivity index (χ0v) is 32.0. The molecule has 4 nitrogen and oxygen atoms in total. The van der Waals surface area contributed by atoms with Crippen molar-refractivity contribution in [3.05, 3.63) is 83.9 Å². The summed E-state index contributed by atoms with van der Waals surface area (Å²) in [5.74, 6) is 3.73. The Morgan fingerprint density at radius 2 is 1.09 bits per heavy atom. The number of hydrogen-bond acceptors (Lipinski definition) is 6. The summed E-state index contributed by atoms with van der Waals surface area (Å²) in [6, 6.07) is 18.8. The number of alkyl halides is 1. The fourth-order valence-electron chi connectivity index (χ4n) is 4.17. The van der Waals surface area contributed by atoms with E-state index in [1.54, 1.807) is 0 Å². The van der Waals surface area contributed by atoms with Crippen molar-refractivity contribution in [2.75, 3.05) is 37.9 Å². The number of rotatable bonds is 20. The van der Waals surface area contributed by atoms with E-state index in [1.807, 2.05) is 75.9 Å². The van der Waals surface area contributed by atoms with Crippen LogP contribution in [0.2, 0.25) is 25.2 Å². The summed E-state index contributed by atoms with van der Waals surface area (Å²) >= 11 is 11.8. The van der Waals surface area contributed by atoms with Crippen molar-refractivity contribution in [3.8, 4) is 0 Å². The van der Waals surface area contributed by atoms with E-state index in [2.05, 4.69) is 63.1 Å². The molecule has 2 aromatic carbocycles. The molecule has 0 aliphatic rings. The van der Waals surface area contributed by atoms with Crippen LogP contribution in [0.15, 0.2) is 61.7 Å². The summed E-state index contributed by atoms with van der Waals surface area (Å²) in [7, 11) is -3.73. The zero-order valence-electron chi connectivity index (χ0n) is 27.5. The second-order valence-electron chi connectivity index (χ2n) is 10.0. The monoisotopic (exact) mass is 684 g/mol. The first-order valence-electron chi connectivity index (χ1n) is 15.4. The van der Waals surface area contributed by atoms with E-state index in [9.17, 15) is 0 Å². The van der Waals surface area contributed by atoms with Gasteiger partial charge in [0, 0.05) is 38.1 Å². The molecule has 0 aliphatic heterocycles. The molecule has 0 atom stereocenters. The predicted molar refractivity (Wildman–Crippen MR) is 201 cm³/mol. The molecule has 0 spiro atoms. The summed E-state index contributed by atoms with van der Waals surface area (Å²) in [5.41, 5.74) is 4.83. The van der Waals surface area contributed by atoms with E-state index in [-0.39, 0.29) is 0 Å². The minimum atomic E-state index is -1.92. The molecule has 0 amide bonds. The van der Waals surface area contributed by atoms with Gasteiger partial charge in [-0.25, -0.2) is 0 Å². The highest BCUT2D eigenvalue weighted by molar-refractivity contribution is 7.98. The van der Waals surface area contributed by atoms with Gasteiger partial charge in [0.15, 0.2) is 0 Å². The van der Waals surface area contributed by atoms with Crippen LogP contribution in [0.4, 0.5) is 0 Å². The number of thioether (sulfide) groups is 1. The van der Waals surface area contributed by atoms with E-state index in [1.165, 1.54) is 11.1 Å². The van der Waals surface area contributed by atoms with Crippen LogP contribution in [0.1, 0.15) is 62.8 Å². The lowest BCUT2D eigenvalue weighted by atomic mass is 10.1. The van der Waals surface area contributed by atoms with Crippen LogP contribution < -0.4 is 0 Å². The second-order valence-corrected chi connectivity index (χ2v) is 18.5. The van der Waals surface area contributed by atoms with Crippen LogP contribution >= 0.6 is 36.0 Å². The smallest absolute Gasteiger partial charge is 0.334 e. The van der Waals surface area contributed by atoms with Crippen molar-refractivity contribution in [2.24, 2.45) is 0 Å². The highest BCUT2D eigenvalue weighted by Gasteiger charge is 2.30. The van der Waals surface area contributed by atoms with Gasteiger partial charge in [0.25, 0.3) is 0 Å². The average molecular weight is 686 g/mol. The first-order chi connectivity index (χ1) is 20.7. The number of hydrogen-bond donors (Lipinski definition) is 1. The van der Waals surface area contributed by atoms with Crippen LogP contribution in [0.3, 0.4) is 0 Å². The van der Waals surface area contributed by atoms with Gasteiger partial charge in [0.05, 0.1) is 0 Å². The summed E-state index contributed by atoms with van der Waals surface area (Å²) in [6.45, 7) is 22.9. The molecule has 2 rings (SSSR count). The van der Waals surface area contributed by atoms with Crippen molar-refractivity contribution < 1.29 is 17.7 Å². The Hall–Kier alpha value is -0.816. The lowest BCUT2D eigenvalue weighted by Gasteiger charge is -2.25. The van der Waals surface area contributed by atoms with Crippen molar-refractivity contribution in [1.29, 1.82) is 0 Å². The molecule has 0 saturated carbocycles. The van der Waals surface area contributed by atoms with Gasteiger partial charge >= 0.3 is 17.1 Å². The van der Waals surface area contributed by atoms with Crippen LogP contribution in [0.5, 0.6) is 0 Å². The predicted octanol–water partition coefficient (Wildman–Crippen LogP) is 10.6. The summed E-state index contributed by atoms with van der Waals surface area (Å²) in [6.07, 6.45) is 5.95. The lowest BCUT2D eigenvalue weighted by molar-refractivity contribution is 0.188. The molecule has 0 unspecified atom stereocenters. The molecule has 0 aliphatic carbocycles. The highest BCUT2D eigenvalue weighted by Crippen LogP contribution is 2.20. The Labute approximate surface area is 280 Å². The van der Waals surface area contributed by atoms with Gasteiger partial charge in [-0.2, -0.15) is 24.4 Å². The Morgan fingerprint density at radius 1 is 0.698 bits per heavy atom. The molecule has 0 aromatic heterocycles. The van der Waals surface area contributed by atoms with Crippen molar-refractivity contribution >= 4 is 65.3 Å². The summed E-state index contributed by atoms with van der Waals surface area (Å²) in [4.78, 5) is 0. The summed E-state index contributed by atoms with van der Waals surface area (Å²) in [5, 5.41) is 0. The standard InChI is InChI=1S/C17H28O2SSi.C9H9Cl.C8H20O2SSi/c1-5-16-9-11-17(12-10-16)15-20-13-8-14-21(4,18-6-2)19-7-3;1-2-8-3-5-9(7-10)6-4-8;1-4-9-12(3,10-5-2)8-6-7-11/h5,9-12H,1,6-8,13-15H2,2-4H3;2-6H,1,7H2;11H,4-8H2,1-3H3. The van der Waals surface area contributed by atoms with Crippen LogP contribution in [0, 0.1) is 0 Å². The normalized spacial score (nSPS) is 11.2. The lowest BCUT2D eigenvalue weighted by Crippen LogP contribution is -2.38. The van der Waals surface area contributed by atoms with Crippen LogP contribution in [0.25, 0.3) is 12.2 Å². The molecule has 0 radical (unpaired) electrons. The van der Waals surface area contributed by atoms with E-state index < -0.39 is 17.1 Å². The third kappa shape index (κ3) is 20.8. The largest absolute Gasteiger partial charge is 0.395 e. The average Bonchev–Trinajstić information content (AvgIpc) is 3.01. The fourth-order valence-corrected chi connectivity index (χ4v) is 10.8. The maximum absolute atomic E-state index is 5.86. The van der Waals surface area contributed by atoms with Gasteiger partial charge < -0.3 is 17.7 Å². The first-order valence-corrected chi connectivity index (χ1v) is 22.8. The molecule has 2 aromatic rings. The maximum atomic E-state index is 5.86. The van der Waals surface area contributed by atoms with Gasteiger partial charge in [-0.1, -0.05) is 73.8 Å². The van der Waals surface area contributed by atoms with Crippen molar-refractivity contribution in [2.45, 2.75) is 77.4 Å². The molecule has 0 saturated heterocycles. The fraction of sp³-hybridized carbons (Fsp3) is 0.529. The molecular weight excluding hydrogens is 628 g/mol. The minimum absolute atomic E-state index is 0.581. The van der Waals surface area contributed by atoms with Gasteiger partial charge in [-0.05, 0) is 99.5 Å². The molecule has 43 heavy (non-hydrogen) atoms. The Morgan fingerprint density at radius 3 is 1.44 bits per heavy atom. The second kappa shape index (κ2) is 26.4. The Bertz CT molecular complexity index is 950. The first kappa shape index (κ1) is 42.2. The topological polar surface area (TPSA) is 36.9 Å². The van der Waals surface area contributed by atoms with E-state index in [0.29, 0.717) is 5.88 Å². The Kier molecular flexibility index (Phi) is 25.9. The number of thiol groups is 1. The van der Waals surface area contributed by atoms with Crippen LogP contribution in [-0.2, 0) is 29.3 Å². The Balaban J connectivity index is 0.000000677. The van der Waals surface area contributed by atoms with E-state index in [0.717, 1.165) is 79.7 Å². The van der Waals surface area contributed by atoms with Crippen LogP contribution in [-0.4, -0.2) is 55.1 Å². The third-order valence-corrected chi connectivity index (χ3v) is 14.2. The van der Waals surface area contributed by atoms with Gasteiger partial charge in [-0.3, -0.25) is 0 Å². The number of benzene rings is 2. The molecule has 0 heterocycles. The van der Waals surface area contributed by atoms with E-state index >= 15 is 0 Å². The van der Waals surface area contributed by atoms with Gasteiger partial charge in [0.1, 0.15) is 0 Å². The third-order valence-electron chi connectivity index (χ3n) is 6.36. The van der Waals surface area contributed by atoms with Gasteiger partial charge in [-0.15, -0.1) is 11.6 Å². The molecule has 244 valence electrons. The minimum Gasteiger partial charge on any atom is -0.395 e. The molecular formula is C34H57ClO4S2Si2. The van der Waals surface area contributed by atoms with Crippen molar-refractivity contribution in [1.82, 2.24) is 0 Å².